The number of halogens is 1. The Balaban J connectivity index is 2.63. The summed E-state index contributed by atoms with van der Waals surface area (Å²) in [5.74, 6) is 0.408. The first-order chi connectivity index (χ1) is 10.0. The number of nitrogens with zero attached hydrogens (tertiary/aromatic N) is 1. The van der Waals surface area contributed by atoms with Crippen LogP contribution in [-0.4, -0.2) is 29.8 Å². The number of hydrogen-bond acceptors (Lipinski definition) is 2. The molecule has 21 heavy (non-hydrogen) atoms. The highest BCUT2D eigenvalue weighted by Crippen LogP contribution is 2.12. The van der Waals surface area contributed by atoms with Crippen LogP contribution in [0.15, 0.2) is 29.3 Å². The smallest absolute Gasteiger partial charge is 0.191 e. The highest BCUT2D eigenvalue weighted by atomic mass is 19.1. The van der Waals surface area contributed by atoms with Crippen molar-refractivity contribution in [2.75, 3.05) is 13.1 Å². The predicted octanol–water partition coefficient (Wildman–Crippen LogP) is 2.43. The molecule has 118 valence electrons. The van der Waals surface area contributed by atoms with Gasteiger partial charge in [0.25, 0.3) is 0 Å². The van der Waals surface area contributed by atoms with Crippen LogP contribution in [0.25, 0.3) is 0 Å². The van der Waals surface area contributed by atoms with Gasteiger partial charge in [0.2, 0.25) is 0 Å². The minimum Gasteiger partial charge on any atom is -0.388 e. The second kappa shape index (κ2) is 8.62. The average molecular weight is 295 g/mol. The van der Waals surface area contributed by atoms with Gasteiger partial charge in [0.15, 0.2) is 5.96 Å². The first-order valence-corrected chi connectivity index (χ1v) is 7.52. The summed E-state index contributed by atoms with van der Waals surface area (Å²) in [6, 6.07) is 6.30. The lowest BCUT2D eigenvalue weighted by Gasteiger charge is -2.26. The van der Waals surface area contributed by atoms with E-state index in [0.29, 0.717) is 31.9 Å². The van der Waals surface area contributed by atoms with Crippen molar-refractivity contribution in [3.8, 4) is 0 Å². The van der Waals surface area contributed by atoms with E-state index in [1.165, 1.54) is 12.1 Å². The summed E-state index contributed by atoms with van der Waals surface area (Å²) in [5, 5.41) is 16.6. The Morgan fingerprint density at radius 1 is 1.14 bits per heavy atom. The number of benzene rings is 1. The monoisotopic (exact) mass is 295 g/mol. The van der Waals surface area contributed by atoms with E-state index >= 15 is 0 Å². The largest absolute Gasteiger partial charge is 0.388 e. The number of hydrogen-bond donors (Lipinski definition) is 3. The quantitative estimate of drug-likeness (QED) is 0.535. The van der Waals surface area contributed by atoms with Crippen molar-refractivity contribution in [2.45, 2.75) is 45.8 Å². The van der Waals surface area contributed by atoms with Crippen molar-refractivity contribution in [3.05, 3.63) is 35.6 Å². The fourth-order valence-corrected chi connectivity index (χ4v) is 1.85. The zero-order chi connectivity index (χ0) is 15.7. The number of rotatable bonds is 7. The second-order valence-corrected chi connectivity index (χ2v) is 5.11. The minimum absolute atomic E-state index is 0.247. The molecular weight excluding hydrogens is 269 g/mol. The Kier molecular flexibility index (Phi) is 7.15. The van der Waals surface area contributed by atoms with E-state index in [-0.39, 0.29) is 5.82 Å². The summed E-state index contributed by atoms with van der Waals surface area (Å²) in [6.45, 7) is 7.58. The number of aliphatic hydroxyl groups is 1. The second-order valence-electron chi connectivity index (χ2n) is 5.11. The molecule has 0 aromatic heterocycles. The average Bonchev–Trinajstić information content (AvgIpc) is 2.51. The molecule has 0 saturated carbocycles. The van der Waals surface area contributed by atoms with Crippen molar-refractivity contribution >= 4 is 5.96 Å². The lowest BCUT2D eigenvalue weighted by molar-refractivity contribution is 0.0367. The SMILES string of the molecule is CCNC(=NCc1ccc(F)cc1)NCC(O)(CC)CC. The van der Waals surface area contributed by atoms with Gasteiger partial charge in [-0.25, -0.2) is 9.38 Å². The zero-order valence-electron chi connectivity index (χ0n) is 13.1. The molecule has 0 aliphatic carbocycles. The third kappa shape index (κ3) is 6.12. The van der Waals surface area contributed by atoms with Crippen LogP contribution in [-0.2, 0) is 6.54 Å². The van der Waals surface area contributed by atoms with Crippen LogP contribution in [0.4, 0.5) is 4.39 Å². The van der Waals surface area contributed by atoms with E-state index in [9.17, 15) is 9.50 Å². The summed E-state index contributed by atoms with van der Waals surface area (Å²) >= 11 is 0. The van der Waals surface area contributed by atoms with E-state index in [1.54, 1.807) is 12.1 Å². The van der Waals surface area contributed by atoms with Gasteiger partial charge in [-0.05, 0) is 37.5 Å². The maximum absolute atomic E-state index is 12.8. The molecule has 5 heteroatoms. The molecule has 0 bridgehead atoms. The van der Waals surface area contributed by atoms with Crippen LogP contribution in [0.2, 0.25) is 0 Å². The maximum atomic E-state index is 12.8. The van der Waals surface area contributed by atoms with Crippen molar-refractivity contribution in [1.82, 2.24) is 10.6 Å². The van der Waals surface area contributed by atoms with Crippen molar-refractivity contribution in [1.29, 1.82) is 0 Å². The maximum Gasteiger partial charge on any atom is 0.191 e. The van der Waals surface area contributed by atoms with Gasteiger partial charge in [0.1, 0.15) is 5.82 Å². The van der Waals surface area contributed by atoms with E-state index in [1.807, 2.05) is 20.8 Å². The van der Waals surface area contributed by atoms with Gasteiger partial charge in [-0.3, -0.25) is 0 Å². The van der Waals surface area contributed by atoms with Gasteiger partial charge in [-0.1, -0.05) is 26.0 Å². The summed E-state index contributed by atoms with van der Waals surface area (Å²) in [6.07, 6.45) is 1.38. The van der Waals surface area contributed by atoms with Crippen LogP contribution >= 0.6 is 0 Å². The van der Waals surface area contributed by atoms with E-state index in [4.69, 9.17) is 0 Å². The van der Waals surface area contributed by atoms with E-state index < -0.39 is 5.60 Å². The third-order valence-corrected chi connectivity index (χ3v) is 3.58. The molecule has 0 atom stereocenters. The molecule has 0 heterocycles. The normalized spacial score (nSPS) is 12.3. The van der Waals surface area contributed by atoms with Crippen LogP contribution < -0.4 is 10.6 Å². The number of aliphatic imine (C=N–C) groups is 1. The Bertz CT molecular complexity index is 441. The van der Waals surface area contributed by atoms with E-state index in [2.05, 4.69) is 15.6 Å². The third-order valence-electron chi connectivity index (χ3n) is 3.58. The first-order valence-electron chi connectivity index (χ1n) is 7.52. The Hall–Kier alpha value is -1.62. The van der Waals surface area contributed by atoms with Gasteiger partial charge < -0.3 is 15.7 Å². The molecule has 0 aliphatic rings. The molecule has 4 nitrogen and oxygen atoms in total. The lowest BCUT2D eigenvalue weighted by Crippen LogP contribution is -2.46. The molecule has 0 spiro atoms. The molecule has 3 N–H and O–H groups in total. The Labute approximate surface area is 126 Å². The van der Waals surface area contributed by atoms with Crippen molar-refractivity contribution in [2.24, 2.45) is 4.99 Å². The number of guanidine groups is 1. The summed E-state index contributed by atoms with van der Waals surface area (Å²) in [5.41, 5.74) is 0.223. The molecule has 0 saturated heterocycles. The van der Waals surface area contributed by atoms with Crippen LogP contribution in [0.5, 0.6) is 0 Å². The highest BCUT2D eigenvalue weighted by molar-refractivity contribution is 5.79. The van der Waals surface area contributed by atoms with Gasteiger partial charge in [0.05, 0.1) is 12.1 Å². The minimum atomic E-state index is -0.716. The molecule has 1 aromatic carbocycles. The fraction of sp³-hybridized carbons (Fsp3) is 0.562. The number of nitrogens with one attached hydrogen (secondary N) is 2. The van der Waals surface area contributed by atoms with Crippen LogP contribution in [0.1, 0.15) is 39.2 Å². The molecule has 0 unspecified atom stereocenters. The summed E-state index contributed by atoms with van der Waals surface area (Å²) in [4.78, 5) is 4.45. The fourth-order valence-electron chi connectivity index (χ4n) is 1.85. The van der Waals surface area contributed by atoms with Gasteiger partial charge >= 0.3 is 0 Å². The molecule has 0 fully saturated rings. The Morgan fingerprint density at radius 3 is 2.29 bits per heavy atom. The first kappa shape index (κ1) is 17.4. The van der Waals surface area contributed by atoms with Gasteiger partial charge in [0, 0.05) is 13.1 Å². The molecular formula is C16H26FN3O. The Morgan fingerprint density at radius 2 is 1.76 bits per heavy atom. The molecule has 1 rings (SSSR count). The zero-order valence-corrected chi connectivity index (χ0v) is 13.1. The molecule has 0 radical (unpaired) electrons. The topological polar surface area (TPSA) is 56.7 Å². The molecule has 0 aliphatic heterocycles. The van der Waals surface area contributed by atoms with Crippen molar-refractivity contribution < 1.29 is 9.50 Å². The highest BCUT2D eigenvalue weighted by Gasteiger charge is 2.22. The predicted molar refractivity (Wildman–Crippen MR) is 84.8 cm³/mol. The van der Waals surface area contributed by atoms with E-state index in [0.717, 1.165) is 12.1 Å². The summed E-state index contributed by atoms with van der Waals surface area (Å²) in [7, 11) is 0. The van der Waals surface area contributed by atoms with Gasteiger partial charge in [-0.2, -0.15) is 0 Å². The molecule has 1 aromatic rings. The van der Waals surface area contributed by atoms with Crippen LogP contribution in [0, 0.1) is 5.82 Å². The lowest BCUT2D eigenvalue weighted by atomic mass is 9.98. The van der Waals surface area contributed by atoms with Crippen LogP contribution in [0.3, 0.4) is 0 Å². The van der Waals surface area contributed by atoms with Crippen molar-refractivity contribution in [3.63, 3.8) is 0 Å². The molecule has 0 amide bonds. The standard InChI is InChI=1S/C16H26FN3O/c1-4-16(21,5-2)12-20-15(18-6-3)19-11-13-7-9-14(17)10-8-13/h7-10,21H,4-6,11-12H2,1-3H3,(H2,18,19,20). The van der Waals surface area contributed by atoms with Gasteiger partial charge in [-0.15, -0.1) is 0 Å². The summed E-state index contributed by atoms with van der Waals surface area (Å²) < 4.78 is 12.8.